The van der Waals surface area contributed by atoms with Crippen molar-refractivity contribution in [3.05, 3.63) is 0 Å². The first-order valence-corrected chi connectivity index (χ1v) is 9.62. The number of hydroxylamine groups is 2. The van der Waals surface area contributed by atoms with E-state index < -0.39 is 23.7 Å². The van der Waals surface area contributed by atoms with Gasteiger partial charge in [-0.15, -0.1) is 5.06 Å². The number of carbonyl (C=O) groups is 4. The number of amides is 3. The van der Waals surface area contributed by atoms with Crippen LogP contribution in [0.5, 0.6) is 0 Å². The van der Waals surface area contributed by atoms with Crippen LogP contribution >= 0.6 is 0 Å². The summed E-state index contributed by atoms with van der Waals surface area (Å²) >= 11 is 0. The van der Waals surface area contributed by atoms with Crippen molar-refractivity contribution in [1.29, 1.82) is 0 Å². The molecule has 0 unspecified atom stereocenters. The van der Waals surface area contributed by atoms with Crippen molar-refractivity contribution in [3.8, 4) is 0 Å². The summed E-state index contributed by atoms with van der Waals surface area (Å²) < 4.78 is 0. The molecule has 148 valence electrons. The number of hydrogen-bond donors (Lipinski definition) is 0. The molecule has 0 spiro atoms. The first kappa shape index (κ1) is 22.1. The highest BCUT2D eigenvalue weighted by Crippen LogP contribution is 2.22. The van der Waals surface area contributed by atoms with E-state index >= 15 is 0 Å². The molecule has 1 aliphatic rings. The van der Waals surface area contributed by atoms with Crippen LogP contribution < -0.4 is 0 Å². The van der Waals surface area contributed by atoms with Crippen LogP contribution in [0.2, 0.25) is 0 Å². The van der Waals surface area contributed by atoms with Gasteiger partial charge in [-0.05, 0) is 32.1 Å². The summed E-state index contributed by atoms with van der Waals surface area (Å²) in [5, 5.41) is 0.554. The van der Waals surface area contributed by atoms with E-state index in [9.17, 15) is 19.2 Å². The smallest absolute Gasteiger partial charge is 0.336 e. The van der Waals surface area contributed by atoms with Gasteiger partial charge in [0.2, 0.25) is 5.91 Å². The van der Waals surface area contributed by atoms with Gasteiger partial charge in [-0.3, -0.25) is 14.4 Å². The Morgan fingerprint density at radius 2 is 1.62 bits per heavy atom. The second-order valence-corrected chi connectivity index (χ2v) is 7.17. The van der Waals surface area contributed by atoms with Gasteiger partial charge in [0.25, 0.3) is 11.8 Å². The zero-order valence-electron chi connectivity index (χ0n) is 16.6. The fraction of sp³-hybridized carbons (Fsp3) is 0.789. The molecule has 0 aromatic carbocycles. The monoisotopic (exact) mass is 368 g/mol. The van der Waals surface area contributed by atoms with E-state index in [2.05, 4.69) is 0 Å². The van der Waals surface area contributed by atoms with Gasteiger partial charge in [0.05, 0.1) is 5.92 Å². The molecule has 0 bridgehead atoms. The topological polar surface area (TPSA) is 84.0 Å². The van der Waals surface area contributed by atoms with Gasteiger partial charge < -0.3 is 9.74 Å². The molecule has 0 radical (unpaired) electrons. The molecule has 1 rings (SSSR count). The third-order valence-corrected chi connectivity index (χ3v) is 4.74. The van der Waals surface area contributed by atoms with E-state index in [0.29, 0.717) is 18.0 Å². The normalized spacial score (nSPS) is 15.7. The van der Waals surface area contributed by atoms with Crippen LogP contribution in [-0.2, 0) is 24.0 Å². The van der Waals surface area contributed by atoms with Gasteiger partial charge in [-0.1, -0.05) is 27.7 Å². The lowest BCUT2D eigenvalue weighted by atomic mass is 9.93. The highest BCUT2D eigenvalue weighted by Gasteiger charge is 2.36. The molecule has 1 atom stereocenters. The van der Waals surface area contributed by atoms with Gasteiger partial charge in [0.15, 0.2) is 0 Å². The quantitative estimate of drug-likeness (QED) is 0.554. The summed E-state index contributed by atoms with van der Waals surface area (Å²) in [6.07, 6.45) is 2.30. The minimum Gasteiger partial charge on any atom is -0.340 e. The second kappa shape index (κ2) is 10.3. The number of carbonyl (C=O) groups excluding carboxylic acids is 4. The van der Waals surface area contributed by atoms with Crippen molar-refractivity contribution < 1.29 is 24.0 Å². The van der Waals surface area contributed by atoms with Crippen LogP contribution in [0, 0.1) is 11.8 Å². The summed E-state index contributed by atoms with van der Waals surface area (Å²) in [6.45, 7) is 10.5. The Morgan fingerprint density at radius 3 is 2.04 bits per heavy atom. The lowest BCUT2D eigenvalue weighted by Crippen LogP contribution is -2.42. The number of nitrogens with zero attached hydrogens (tertiary/aromatic N) is 2. The average Bonchev–Trinajstić information content (AvgIpc) is 2.90. The summed E-state index contributed by atoms with van der Waals surface area (Å²) in [4.78, 5) is 55.5. The Hall–Kier alpha value is -1.92. The Bertz CT molecular complexity index is 512. The van der Waals surface area contributed by atoms with Gasteiger partial charge in [0, 0.05) is 31.8 Å². The maximum Gasteiger partial charge on any atom is 0.336 e. The molecular weight excluding hydrogens is 336 g/mol. The van der Waals surface area contributed by atoms with Crippen molar-refractivity contribution in [2.24, 2.45) is 11.8 Å². The van der Waals surface area contributed by atoms with Crippen LogP contribution in [0.15, 0.2) is 0 Å². The predicted octanol–water partition coefficient (Wildman–Crippen LogP) is 2.68. The SMILES string of the molecule is CCC(CC)N(CC)C(=O)C[C@@H](CC(C)C)C(=O)ON1C(=O)CCC1=O. The van der Waals surface area contributed by atoms with E-state index in [0.717, 1.165) is 12.8 Å². The first-order chi connectivity index (χ1) is 12.2. The van der Waals surface area contributed by atoms with E-state index in [-0.39, 0.29) is 37.1 Å². The fourth-order valence-corrected chi connectivity index (χ4v) is 3.35. The van der Waals surface area contributed by atoms with Crippen LogP contribution in [0.4, 0.5) is 0 Å². The number of imide groups is 1. The van der Waals surface area contributed by atoms with Crippen molar-refractivity contribution in [1.82, 2.24) is 9.96 Å². The molecule has 0 N–H and O–H groups in total. The maximum absolute atomic E-state index is 12.8. The van der Waals surface area contributed by atoms with Gasteiger partial charge >= 0.3 is 5.97 Å². The van der Waals surface area contributed by atoms with Crippen molar-refractivity contribution in [2.75, 3.05) is 6.54 Å². The van der Waals surface area contributed by atoms with Crippen molar-refractivity contribution >= 4 is 23.7 Å². The molecule has 1 fully saturated rings. The molecule has 0 aliphatic carbocycles. The fourth-order valence-electron chi connectivity index (χ4n) is 3.35. The average molecular weight is 368 g/mol. The molecule has 3 amide bonds. The largest absolute Gasteiger partial charge is 0.340 e. The highest BCUT2D eigenvalue weighted by molar-refractivity contribution is 6.01. The van der Waals surface area contributed by atoms with E-state index in [1.807, 2.05) is 34.6 Å². The number of hydrogen-bond acceptors (Lipinski definition) is 5. The Morgan fingerprint density at radius 1 is 1.08 bits per heavy atom. The maximum atomic E-state index is 12.8. The van der Waals surface area contributed by atoms with E-state index in [1.165, 1.54) is 0 Å². The predicted molar refractivity (Wildman–Crippen MR) is 96.5 cm³/mol. The standard InChI is InChI=1S/C19H32N2O5/c1-6-15(7-2)20(8-3)18(24)12-14(11-13(4)5)19(25)26-21-16(22)9-10-17(21)23/h13-15H,6-12H2,1-5H3/t14-/m1/s1. The van der Waals surface area contributed by atoms with Crippen LogP contribution in [0.1, 0.15) is 73.1 Å². The van der Waals surface area contributed by atoms with E-state index in [1.54, 1.807) is 4.90 Å². The molecular formula is C19H32N2O5. The van der Waals surface area contributed by atoms with Crippen molar-refractivity contribution in [3.63, 3.8) is 0 Å². The summed E-state index contributed by atoms with van der Waals surface area (Å²) in [7, 11) is 0. The lowest BCUT2D eigenvalue weighted by molar-refractivity contribution is -0.201. The third kappa shape index (κ3) is 5.81. The Kier molecular flexibility index (Phi) is 8.75. The zero-order chi connectivity index (χ0) is 19.9. The minimum atomic E-state index is -0.684. The minimum absolute atomic E-state index is 0.0254. The second-order valence-electron chi connectivity index (χ2n) is 7.17. The molecule has 0 aromatic rings. The summed E-state index contributed by atoms with van der Waals surface area (Å²) in [5.74, 6) is -2.30. The van der Waals surface area contributed by atoms with Crippen LogP contribution in [0.25, 0.3) is 0 Å². The number of rotatable bonds is 10. The van der Waals surface area contributed by atoms with E-state index in [4.69, 9.17) is 4.84 Å². The van der Waals surface area contributed by atoms with Gasteiger partial charge in [-0.25, -0.2) is 4.79 Å². The van der Waals surface area contributed by atoms with Crippen LogP contribution in [0.3, 0.4) is 0 Å². The van der Waals surface area contributed by atoms with Crippen LogP contribution in [-0.4, -0.2) is 46.2 Å². The molecule has 26 heavy (non-hydrogen) atoms. The summed E-state index contributed by atoms with van der Waals surface area (Å²) in [6, 6.07) is 0.143. The molecule has 1 saturated heterocycles. The van der Waals surface area contributed by atoms with Gasteiger partial charge in [-0.2, -0.15) is 0 Å². The lowest BCUT2D eigenvalue weighted by Gasteiger charge is -2.31. The Balaban J connectivity index is 2.84. The Labute approximate surface area is 156 Å². The third-order valence-electron chi connectivity index (χ3n) is 4.74. The molecule has 7 nitrogen and oxygen atoms in total. The molecule has 0 aromatic heterocycles. The highest BCUT2D eigenvalue weighted by atomic mass is 16.7. The first-order valence-electron chi connectivity index (χ1n) is 9.62. The van der Waals surface area contributed by atoms with Crippen molar-refractivity contribution in [2.45, 2.75) is 79.2 Å². The summed E-state index contributed by atoms with van der Waals surface area (Å²) in [5.41, 5.74) is 0. The molecule has 1 heterocycles. The molecule has 0 saturated carbocycles. The molecule has 1 aliphatic heterocycles. The van der Waals surface area contributed by atoms with Gasteiger partial charge in [0.1, 0.15) is 0 Å². The zero-order valence-corrected chi connectivity index (χ0v) is 16.6. The molecule has 7 heteroatoms.